The van der Waals surface area contributed by atoms with Gasteiger partial charge in [0, 0.05) is 12.4 Å². The number of thiophene rings is 1. The second-order valence-corrected chi connectivity index (χ2v) is 6.13. The number of hydrogen-bond acceptors (Lipinski definition) is 5. The summed E-state index contributed by atoms with van der Waals surface area (Å²) in [6.45, 7) is 2.13. The average molecular weight is 321 g/mol. The number of aromatic nitrogens is 4. The predicted octanol–water partition coefficient (Wildman–Crippen LogP) is 4.05. The van der Waals surface area contributed by atoms with Gasteiger partial charge in [-0.2, -0.15) is 5.10 Å². The molecule has 1 aromatic carbocycles. The Bertz CT molecular complexity index is 929. The van der Waals surface area contributed by atoms with Crippen molar-refractivity contribution in [2.24, 2.45) is 0 Å². The van der Waals surface area contributed by atoms with Crippen LogP contribution in [0.15, 0.2) is 60.5 Å². The minimum Gasteiger partial charge on any atom is -0.363 e. The Morgan fingerprint density at radius 2 is 2.04 bits per heavy atom. The molecule has 5 nitrogen and oxygen atoms in total. The Hall–Kier alpha value is -2.73. The van der Waals surface area contributed by atoms with Crippen LogP contribution < -0.4 is 5.32 Å². The normalized spacial score (nSPS) is 12.4. The van der Waals surface area contributed by atoms with E-state index in [1.54, 1.807) is 23.9 Å². The minimum atomic E-state index is 0.0911. The fourth-order valence-electron chi connectivity index (χ4n) is 2.66. The highest BCUT2D eigenvalue weighted by atomic mass is 32.1. The fraction of sp³-hybridized carbons (Fsp3) is 0.118. The summed E-state index contributed by atoms with van der Waals surface area (Å²) in [7, 11) is 0. The smallest absolute Gasteiger partial charge is 0.138 e. The van der Waals surface area contributed by atoms with Gasteiger partial charge in [0.25, 0.3) is 0 Å². The van der Waals surface area contributed by atoms with Crippen LogP contribution in [-0.4, -0.2) is 19.7 Å². The maximum Gasteiger partial charge on any atom is 0.138 e. The summed E-state index contributed by atoms with van der Waals surface area (Å²) in [5.74, 6) is 0.860. The van der Waals surface area contributed by atoms with E-state index in [0.717, 1.165) is 27.3 Å². The summed E-state index contributed by atoms with van der Waals surface area (Å²) in [5.41, 5.74) is 2.23. The summed E-state index contributed by atoms with van der Waals surface area (Å²) in [5, 5.41) is 10.9. The first kappa shape index (κ1) is 13.9. The van der Waals surface area contributed by atoms with E-state index >= 15 is 0 Å². The lowest BCUT2D eigenvalue weighted by molar-refractivity contribution is 0.815. The number of anilines is 1. The second kappa shape index (κ2) is 5.81. The molecule has 0 aliphatic carbocycles. The molecule has 3 heterocycles. The van der Waals surface area contributed by atoms with E-state index in [1.807, 2.05) is 34.5 Å². The van der Waals surface area contributed by atoms with E-state index in [1.165, 1.54) is 0 Å². The highest BCUT2D eigenvalue weighted by Gasteiger charge is 2.14. The molecule has 0 aliphatic rings. The summed E-state index contributed by atoms with van der Waals surface area (Å²) in [6.07, 6.45) is 5.34. The molecular formula is C17H15N5S. The molecular weight excluding hydrogens is 306 g/mol. The Kier molecular flexibility index (Phi) is 3.51. The SMILES string of the molecule is CC(Nc1ncnc2sccc12)c1ccccc1-n1cccn1. The monoisotopic (exact) mass is 321 g/mol. The molecule has 4 aromatic rings. The van der Waals surface area contributed by atoms with Gasteiger partial charge in [0.1, 0.15) is 17.0 Å². The molecule has 0 aliphatic heterocycles. The van der Waals surface area contributed by atoms with Crippen molar-refractivity contribution in [3.8, 4) is 5.69 Å². The zero-order chi connectivity index (χ0) is 15.6. The Balaban J connectivity index is 1.70. The summed E-state index contributed by atoms with van der Waals surface area (Å²) in [6, 6.07) is 12.3. The topological polar surface area (TPSA) is 55.6 Å². The van der Waals surface area contributed by atoms with Gasteiger partial charge < -0.3 is 5.32 Å². The van der Waals surface area contributed by atoms with Gasteiger partial charge in [-0.1, -0.05) is 18.2 Å². The molecule has 0 fully saturated rings. The van der Waals surface area contributed by atoms with E-state index in [-0.39, 0.29) is 6.04 Å². The van der Waals surface area contributed by atoms with Crippen molar-refractivity contribution in [3.05, 3.63) is 66.1 Å². The third-order valence-corrected chi connectivity index (χ3v) is 4.59. The third-order valence-electron chi connectivity index (χ3n) is 3.77. The Morgan fingerprint density at radius 1 is 1.13 bits per heavy atom. The van der Waals surface area contributed by atoms with Crippen LogP contribution in [0.3, 0.4) is 0 Å². The maximum atomic E-state index is 4.40. The van der Waals surface area contributed by atoms with Crippen LogP contribution >= 0.6 is 11.3 Å². The van der Waals surface area contributed by atoms with E-state index in [0.29, 0.717) is 0 Å². The number of benzene rings is 1. The van der Waals surface area contributed by atoms with Gasteiger partial charge in [0.2, 0.25) is 0 Å². The van der Waals surface area contributed by atoms with Crippen LogP contribution in [0.1, 0.15) is 18.5 Å². The number of nitrogens with one attached hydrogen (secondary N) is 1. The number of para-hydroxylation sites is 1. The molecule has 0 bridgehead atoms. The molecule has 1 N–H and O–H groups in total. The van der Waals surface area contributed by atoms with Crippen LogP contribution in [-0.2, 0) is 0 Å². The molecule has 0 saturated carbocycles. The van der Waals surface area contributed by atoms with Crippen molar-refractivity contribution in [2.45, 2.75) is 13.0 Å². The molecule has 0 amide bonds. The van der Waals surface area contributed by atoms with Crippen molar-refractivity contribution in [1.29, 1.82) is 0 Å². The molecule has 4 rings (SSSR count). The quantitative estimate of drug-likeness (QED) is 0.616. The van der Waals surface area contributed by atoms with Crippen LogP contribution in [0.25, 0.3) is 15.9 Å². The molecule has 0 radical (unpaired) electrons. The first-order chi connectivity index (χ1) is 11.3. The van der Waals surface area contributed by atoms with Crippen LogP contribution in [0.4, 0.5) is 5.82 Å². The minimum absolute atomic E-state index is 0.0911. The number of fused-ring (bicyclic) bond motifs is 1. The van der Waals surface area contributed by atoms with E-state index in [9.17, 15) is 0 Å². The van der Waals surface area contributed by atoms with Gasteiger partial charge in [-0.15, -0.1) is 11.3 Å². The molecule has 0 spiro atoms. The highest BCUT2D eigenvalue weighted by molar-refractivity contribution is 7.16. The lowest BCUT2D eigenvalue weighted by Crippen LogP contribution is -2.11. The second-order valence-electron chi connectivity index (χ2n) is 5.24. The largest absolute Gasteiger partial charge is 0.363 e. The van der Waals surface area contributed by atoms with Gasteiger partial charge in [-0.3, -0.25) is 0 Å². The van der Waals surface area contributed by atoms with Crippen LogP contribution in [0.5, 0.6) is 0 Å². The van der Waals surface area contributed by atoms with E-state index in [2.05, 4.69) is 45.5 Å². The zero-order valence-corrected chi connectivity index (χ0v) is 13.4. The fourth-order valence-corrected chi connectivity index (χ4v) is 3.39. The number of nitrogens with zero attached hydrogens (tertiary/aromatic N) is 4. The van der Waals surface area contributed by atoms with Crippen molar-refractivity contribution in [2.75, 3.05) is 5.32 Å². The highest BCUT2D eigenvalue weighted by Crippen LogP contribution is 2.28. The standard InChI is InChI=1S/C17H15N5S/c1-12(21-16-14-7-10-23-17(14)19-11-18-16)13-5-2-3-6-15(13)22-9-4-8-20-22/h2-12H,1H3,(H,18,19,21). The third kappa shape index (κ3) is 2.57. The van der Waals surface area contributed by atoms with Gasteiger partial charge >= 0.3 is 0 Å². The summed E-state index contributed by atoms with van der Waals surface area (Å²) >= 11 is 1.62. The first-order valence-corrected chi connectivity index (χ1v) is 8.24. The molecule has 0 saturated heterocycles. The van der Waals surface area contributed by atoms with Crippen LogP contribution in [0, 0.1) is 0 Å². The molecule has 1 atom stereocenters. The van der Waals surface area contributed by atoms with E-state index in [4.69, 9.17) is 0 Å². The lowest BCUT2D eigenvalue weighted by atomic mass is 10.1. The maximum absolute atomic E-state index is 4.40. The number of hydrogen-bond donors (Lipinski definition) is 1. The van der Waals surface area contributed by atoms with E-state index < -0.39 is 0 Å². The Morgan fingerprint density at radius 3 is 2.91 bits per heavy atom. The van der Waals surface area contributed by atoms with Crippen molar-refractivity contribution >= 4 is 27.4 Å². The molecule has 6 heteroatoms. The predicted molar refractivity (Wildman–Crippen MR) is 93.0 cm³/mol. The summed E-state index contributed by atoms with van der Waals surface area (Å²) < 4.78 is 1.88. The van der Waals surface area contributed by atoms with Crippen molar-refractivity contribution in [1.82, 2.24) is 19.7 Å². The lowest BCUT2D eigenvalue weighted by Gasteiger charge is -2.18. The van der Waals surface area contributed by atoms with Gasteiger partial charge in [0.15, 0.2) is 0 Å². The molecule has 23 heavy (non-hydrogen) atoms. The molecule has 3 aromatic heterocycles. The van der Waals surface area contributed by atoms with Gasteiger partial charge in [0.05, 0.1) is 17.1 Å². The molecule has 114 valence electrons. The van der Waals surface area contributed by atoms with Crippen LogP contribution in [0.2, 0.25) is 0 Å². The first-order valence-electron chi connectivity index (χ1n) is 7.36. The summed E-state index contributed by atoms with van der Waals surface area (Å²) in [4.78, 5) is 9.69. The van der Waals surface area contributed by atoms with Gasteiger partial charge in [-0.05, 0) is 36.1 Å². The zero-order valence-electron chi connectivity index (χ0n) is 12.5. The molecule has 1 unspecified atom stereocenters. The van der Waals surface area contributed by atoms with Crippen molar-refractivity contribution in [3.63, 3.8) is 0 Å². The average Bonchev–Trinajstić information content (AvgIpc) is 3.27. The van der Waals surface area contributed by atoms with Gasteiger partial charge in [-0.25, -0.2) is 14.6 Å². The number of rotatable bonds is 4. The van der Waals surface area contributed by atoms with Crippen molar-refractivity contribution < 1.29 is 0 Å². The Labute approximate surface area is 137 Å².